The molecule has 1 atom stereocenters. The fourth-order valence-electron chi connectivity index (χ4n) is 2.03. The van der Waals surface area contributed by atoms with Gasteiger partial charge >= 0.3 is 5.97 Å². The first-order chi connectivity index (χ1) is 8.08. The van der Waals surface area contributed by atoms with E-state index in [1.54, 1.807) is 11.0 Å². The molecule has 5 heteroatoms. The Labute approximate surface area is 102 Å². The van der Waals surface area contributed by atoms with Crippen LogP contribution in [0, 0.1) is 5.92 Å². The van der Waals surface area contributed by atoms with Crippen LogP contribution in [0.2, 0.25) is 0 Å². The fourth-order valence-corrected chi connectivity index (χ4v) is 2.03. The molecule has 1 rings (SSSR count). The summed E-state index contributed by atoms with van der Waals surface area (Å²) < 4.78 is 0. The molecule has 0 radical (unpaired) electrons. The summed E-state index contributed by atoms with van der Waals surface area (Å²) in [5, 5.41) is 8.87. The number of nitrogens with zero attached hydrogens (tertiary/aromatic N) is 2. The number of carboxylic acid groups (broad SMARTS) is 1. The fraction of sp³-hybridized carbons (Fsp3) is 0.667. The van der Waals surface area contributed by atoms with Crippen LogP contribution in [-0.4, -0.2) is 59.5 Å². The van der Waals surface area contributed by atoms with E-state index in [4.69, 9.17) is 5.11 Å². The van der Waals surface area contributed by atoms with Crippen molar-refractivity contribution in [2.24, 2.45) is 5.92 Å². The minimum atomic E-state index is -0.765. The summed E-state index contributed by atoms with van der Waals surface area (Å²) in [5.41, 5.74) is 0. The van der Waals surface area contributed by atoms with Gasteiger partial charge < -0.3 is 10.0 Å². The molecule has 1 aliphatic rings. The molecule has 0 aliphatic carbocycles. The first-order valence-corrected chi connectivity index (χ1v) is 5.92. The zero-order valence-corrected chi connectivity index (χ0v) is 10.3. The van der Waals surface area contributed by atoms with Crippen LogP contribution in [0.25, 0.3) is 0 Å². The van der Waals surface area contributed by atoms with Gasteiger partial charge in [-0.1, -0.05) is 6.08 Å². The molecule has 0 bridgehead atoms. The Kier molecular flexibility index (Phi) is 5.15. The number of aliphatic carboxylic acids is 1. The molecule has 96 valence electrons. The maximum absolute atomic E-state index is 11.9. The summed E-state index contributed by atoms with van der Waals surface area (Å²) in [4.78, 5) is 26.3. The van der Waals surface area contributed by atoms with Gasteiger partial charge in [0.15, 0.2) is 0 Å². The van der Waals surface area contributed by atoms with Crippen molar-refractivity contribution in [2.75, 3.05) is 32.7 Å². The molecule has 1 aliphatic heterocycles. The molecular formula is C12H20N2O3. The number of rotatable bonds is 6. The van der Waals surface area contributed by atoms with E-state index in [-0.39, 0.29) is 11.8 Å². The van der Waals surface area contributed by atoms with Crippen molar-refractivity contribution in [3.63, 3.8) is 0 Å². The highest BCUT2D eigenvalue weighted by Gasteiger charge is 2.29. The predicted molar refractivity (Wildman–Crippen MR) is 64.6 cm³/mol. The lowest BCUT2D eigenvalue weighted by Crippen LogP contribution is -2.39. The third-order valence-corrected chi connectivity index (χ3v) is 3.06. The van der Waals surface area contributed by atoms with Crippen molar-refractivity contribution in [1.82, 2.24) is 9.80 Å². The Morgan fingerprint density at radius 2 is 2.29 bits per heavy atom. The van der Waals surface area contributed by atoms with Crippen LogP contribution < -0.4 is 0 Å². The van der Waals surface area contributed by atoms with Gasteiger partial charge in [-0.3, -0.25) is 14.5 Å². The highest BCUT2D eigenvalue weighted by atomic mass is 16.4. The zero-order valence-electron chi connectivity index (χ0n) is 10.3. The van der Waals surface area contributed by atoms with E-state index in [9.17, 15) is 9.59 Å². The summed E-state index contributed by atoms with van der Waals surface area (Å²) >= 11 is 0. The van der Waals surface area contributed by atoms with E-state index in [2.05, 4.69) is 6.58 Å². The highest BCUT2D eigenvalue weighted by molar-refractivity contribution is 5.78. The summed E-state index contributed by atoms with van der Waals surface area (Å²) in [6.45, 7) is 8.21. The third-order valence-electron chi connectivity index (χ3n) is 3.06. The average Bonchev–Trinajstić information content (AvgIpc) is 2.74. The molecule has 1 saturated heterocycles. The van der Waals surface area contributed by atoms with Crippen LogP contribution >= 0.6 is 0 Å². The lowest BCUT2D eigenvalue weighted by Gasteiger charge is -2.22. The molecule has 1 N–H and O–H groups in total. The lowest BCUT2D eigenvalue weighted by molar-refractivity contribution is -0.141. The van der Waals surface area contributed by atoms with Crippen molar-refractivity contribution >= 4 is 11.9 Å². The minimum absolute atomic E-state index is 0.0402. The second-order valence-electron chi connectivity index (χ2n) is 4.28. The van der Waals surface area contributed by atoms with Crippen molar-refractivity contribution in [3.05, 3.63) is 12.7 Å². The quantitative estimate of drug-likeness (QED) is 0.684. The number of amides is 1. The Morgan fingerprint density at radius 1 is 1.59 bits per heavy atom. The van der Waals surface area contributed by atoms with Gasteiger partial charge in [0, 0.05) is 19.6 Å². The first-order valence-electron chi connectivity index (χ1n) is 5.92. The third kappa shape index (κ3) is 3.85. The molecule has 1 heterocycles. The topological polar surface area (TPSA) is 60.9 Å². The standard InChI is InChI=1S/C12H20N2O3/c1-3-6-14(4-2)11(15)9-13-7-5-10(8-13)12(16)17/h3,10H,1,4-9H2,2H3,(H,16,17). The highest BCUT2D eigenvalue weighted by Crippen LogP contribution is 2.16. The summed E-state index contributed by atoms with van der Waals surface area (Å²) in [6.07, 6.45) is 2.33. The van der Waals surface area contributed by atoms with Crippen LogP contribution in [0.4, 0.5) is 0 Å². The second-order valence-corrected chi connectivity index (χ2v) is 4.28. The molecule has 0 aromatic heterocycles. The second kappa shape index (κ2) is 6.39. The Morgan fingerprint density at radius 3 is 2.76 bits per heavy atom. The van der Waals surface area contributed by atoms with E-state index in [1.807, 2.05) is 11.8 Å². The minimum Gasteiger partial charge on any atom is -0.481 e. The molecular weight excluding hydrogens is 220 g/mol. The van der Waals surface area contributed by atoms with E-state index in [0.29, 0.717) is 39.1 Å². The summed E-state index contributed by atoms with van der Waals surface area (Å²) in [5.74, 6) is -1.05. The molecule has 0 saturated carbocycles. The van der Waals surface area contributed by atoms with Gasteiger partial charge in [0.25, 0.3) is 0 Å². The average molecular weight is 240 g/mol. The zero-order chi connectivity index (χ0) is 12.8. The van der Waals surface area contributed by atoms with Crippen LogP contribution in [-0.2, 0) is 9.59 Å². The molecule has 1 fully saturated rings. The van der Waals surface area contributed by atoms with Crippen molar-refractivity contribution in [1.29, 1.82) is 0 Å². The smallest absolute Gasteiger partial charge is 0.307 e. The number of likely N-dealkylation sites (N-methyl/N-ethyl adjacent to an activating group) is 1. The summed E-state index contributed by atoms with van der Waals surface area (Å²) in [6, 6.07) is 0. The van der Waals surface area contributed by atoms with E-state index in [0.717, 1.165) is 0 Å². The van der Waals surface area contributed by atoms with E-state index >= 15 is 0 Å². The van der Waals surface area contributed by atoms with Crippen LogP contribution in [0.3, 0.4) is 0 Å². The van der Waals surface area contributed by atoms with Gasteiger partial charge in [0.2, 0.25) is 5.91 Å². The van der Waals surface area contributed by atoms with Gasteiger partial charge in [-0.2, -0.15) is 0 Å². The van der Waals surface area contributed by atoms with Gasteiger partial charge in [0.05, 0.1) is 12.5 Å². The summed E-state index contributed by atoms with van der Waals surface area (Å²) in [7, 11) is 0. The normalized spacial score (nSPS) is 20.2. The number of carbonyl (C=O) groups excluding carboxylic acids is 1. The predicted octanol–water partition coefficient (Wildman–Crippen LogP) is 0.427. The molecule has 0 aromatic rings. The Bertz CT molecular complexity index is 304. The van der Waals surface area contributed by atoms with Gasteiger partial charge in [-0.15, -0.1) is 6.58 Å². The van der Waals surface area contributed by atoms with Crippen molar-refractivity contribution in [3.8, 4) is 0 Å². The Hall–Kier alpha value is -1.36. The lowest BCUT2D eigenvalue weighted by atomic mass is 10.1. The van der Waals surface area contributed by atoms with Crippen LogP contribution in [0.15, 0.2) is 12.7 Å². The van der Waals surface area contributed by atoms with Gasteiger partial charge in [-0.05, 0) is 19.9 Å². The van der Waals surface area contributed by atoms with Crippen LogP contribution in [0.1, 0.15) is 13.3 Å². The van der Waals surface area contributed by atoms with Gasteiger partial charge in [-0.25, -0.2) is 0 Å². The number of hydrogen-bond donors (Lipinski definition) is 1. The Balaban J connectivity index is 2.41. The van der Waals surface area contributed by atoms with Crippen LogP contribution in [0.5, 0.6) is 0 Å². The molecule has 0 spiro atoms. The first kappa shape index (κ1) is 13.7. The monoisotopic (exact) mass is 240 g/mol. The maximum Gasteiger partial charge on any atom is 0.307 e. The van der Waals surface area contributed by atoms with E-state index in [1.165, 1.54) is 0 Å². The molecule has 5 nitrogen and oxygen atoms in total. The van der Waals surface area contributed by atoms with Crippen molar-refractivity contribution in [2.45, 2.75) is 13.3 Å². The largest absolute Gasteiger partial charge is 0.481 e. The van der Waals surface area contributed by atoms with Crippen molar-refractivity contribution < 1.29 is 14.7 Å². The molecule has 17 heavy (non-hydrogen) atoms. The molecule has 0 aromatic carbocycles. The van der Waals surface area contributed by atoms with E-state index < -0.39 is 5.97 Å². The van der Waals surface area contributed by atoms with Gasteiger partial charge in [0.1, 0.15) is 0 Å². The number of carboxylic acids is 1. The molecule has 1 amide bonds. The maximum atomic E-state index is 11.9. The number of likely N-dealkylation sites (tertiary alicyclic amines) is 1. The number of carbonyl (C=O) groups is 2. The SMILES string of the molecule is C=CCN(CC)C(=O)CN1CCC(C(=O)O)C1. The molecule has 1 unspecified atom stereocenters. The number of hydrogen-bond acceptors (Lipinski definition) is 3.